The molecule has 0 atom stereocenters. The van der Waals surface area contributed by atoms with Gasteiger partial charge in [0.1, 0.15) is 28.9 Å². The van der Waals surface area contributed by atoms with E-state index in [1.807, 2.05) is 54.9 Å². The quantitative estimate of drug-likeness (QED) is 0.331. The van der Waals surface area contributed by atoms with Gasteiger partial charge in [-0.15, -0.1) is 0 Å². The summed E-state index contributed by atoms with van der Waals surface area (Å²) < 4.78 is 12.4. The van der Waals surface area contributed by atoms with Crippen LogP contribution in [0.4, 0.5) is 17.5 Å². The molecule has 2 aromatic carbocycles. The molecule has 38 heavy (non-hydrogen) atoms. The van der Waals surface area contributed by atoms with Crippen molar-refractivity contribution in [2.45, 2.75) is 26.2 Å². The van der Waals surface area contributed by atoms with Crippen LogP contribution in [0.25, 0.3) is 22.1 Å². The maximum atomic E-state index is 6.16. The average Bonchev–Trinajstić information content (AvgIpc) is 3.31. The third kappa shape index (κ3) is 5.50. The molecule has 0 unspecified atom stereocenters. The van der Waals surface area contributed by atoms with Crippen molar-refractivity contribution >= 4 is 39.5 Å². The number of fused-ring (bicyclic) bond motifs is 2. The summed E-state index contributed by atoms with van der Waals surface area (Å²) in [6.07, 6.45) is 8.71. The molecule has 0 spiro atoms. The molecule has 3 aromatic heterocycles. The predicted octanol–water partition coefficient (Wildman–Crippen LogP) is 5.40. The number of hydrogen-bond acceptors (Lipinski definition) is 9. The van der Waals surface area contributed by atoms with Gasteiger partial charge >= 0.3 is 0 Å². The van der Waals surface area contributed by atoms with Gasteiger partial charge in [-0.1, -0.05) is 0 Å². The van der Waals surface area contributed by atoms with E-state index in [-0.39, 0.29) is 0 Å². The lowest BCUT2D eigenvalue weighted by atomic mass is 10.1. The Hall–Kier alpha value is -4.31. The zero-order valence-corrected chi connectivity index (χ0v) is 22.2. The van der Waals surface area contributed by atoms with E-state index >= 15 is 0 Å². The van der Waals surface area contributed by atoms with E-state index in [4.69, 9.17) is 9.72 Å². The first-order valence-corrected chi connectivity index (χ1v) is 12.6. The highest BCUT2D eigenvalue weighted by Gasteiger charge is 2.16. The molecule has 0 saturated carbocycles. The Balaban J connectivity index is 0.000000937. The lowest BCUT2D eigenvalue weighted by molar-refractivity contribution is 0.277. The molecule has 1 aliphatic heterocycles. The van der Waals surface area contributed by atoms with Crippen LogP contribution in [-0.4, -0.2) is 56.8 Å². The van der Waals surface area contributed by atoms with E-state index in [1.165, 1.54) is 25.6 Å². The predicted molar refractivity (Wildman–Crippen MR) is 149 cm³/mol. The van der Waals surface area contributed by atoms with Gasteiger partial charge in [-0.25, -0.2) is 24.9 Å². The van der Waals surface area contributed by atoms with Gasteiger partial charge in [0.25, 0.3) is 0 Å². The molecule has 5 aromatic rings. The second kappa shape index (κ2) is 11.4. The fourth-order valence-corrected chi connectivity index (χ4v) is 4.47. The molecular formula is C28H32N8O2. The van der Waals surface area contributed by atoms with Gasteiger partial charge in [-0.3, -0.25) is 0 Å². The van der Waals surface area contributed by atoms with E-state index < -0.39 is 0 Å². The van der Waals surface area contributed by atoms with Crippen molar-refractivity contribution < 1.29 is 9.47 Å². The third-order valence-corrected chi connectivity index (χ3v) is 6.37. The monoisotopic (exact) mass is 512 g/mol. The van der Waals surface area contributed by atoms with Crippen molar-refractivity contribution in [1.29, 1.82) is 0 Å². The van der Waals surface area contributed by atoms with Crippen LogP contribution in [0.1, 0.15) is 24.8 Å². The number of nitrogens with one attached hydrogen (secondary N) is 1. The van der Waals surface area contributed by atoms with Crippen molar-refractivity contribution in [1.82, 2.24) is 29.5 Å². The molecule has 1 saturated heterocycles. The minimum absolute atomic E-state index is 0.657. The first kappa shape index (κ1) is 25.3. The summed E-state index contributed by atoms with van der Waals surface area (Å²) >= 11 is 0. The fourth-order valence-electron chi connectivity index (χ4n) is 4.47. The number of nitrogens with zero attached hydrogens (tertiary/aromatic N) is 7. The van der Waals surface area contributed by atoms with Crippen molar-refractivity contribution in [3.05, 3.63) is 60.8 Å². The third-order valence-electron chi connectivity index (χ3n) is 6.37. The van der Waals surface area contributed by atoms with Gasteiger partial charge in [-0.05, 0) is 62.1 Å². The molecule has 0 amide bonds. The molecule has 10 heteroatoms. The number of anilines is 3. The summed E-state index contributed by atoms with van der Waals surface area (Å²) in [5, 5.41) is 3.41. The van der Waals surface area contributed by atoms with Gasteiger partial charge in [-0.2, -0.15) is 0 Å². The molecule has 6 rings (SSSR count). The van der Waals surface area contributed by atoms with Crippen LogP contribution >= 0.6 is 0 Å². The lowest BCUT2D eigenvalue weighted by Gasteiger charge is -2.26. The Morgan fingerprint density at radius 2 is 1.71 bits per heavy atom. The second-order valence-corrected chi connectivity index (χ2v) is 9.30. The molecule has 0 aliphatic carbocycles. The van der Waals surface area contributed by atoms with Crippen LogP contribution < -0.4 is 15.0 Å². The van der Waals surface area contributed by atoms with E-state index in [0.717, 1.165) is 52.8 Å². The molecule has 0 radical (unpaired) electrons. The number of rotatable bonds is 5. The maximum Gasteiger partial charge on any atom is 0.226 e. The van der Waals surface area contributed by atoms with Crippen LogP contribution in [0.2, 0.25) is 0 Å². The van der Waals surface area contributed by atoms with Crippen LogP contribution in [-0.2, 0) is 11.8 Å². The van der Waals surface area contributed by atoms with Gasteiger partial charge < -0.3 is 24.3 Å². The smallest absolute Gasteiger partial charge is 0.226 e. The van der Waals surface area contributed by atoms with E-state index in [2.05, 4.69) is 34.9 Å². The van der Waals surface area contributed by atoms with Crippen molar-refractivity contribution in [3.8, 4) is 11.5 Å². The Kier molecular flexibility index (Phi) is 7.60. The van der Waals surface area contributed by atoms with Gasteiger partial charge in [0.15, 0.2) is 5.82 Å². The summed E-state index contributed by atoms with van der Waals surface area (Å²) in [6, 6.07) is 11.9. The summed E-state index contributed by atoms with van der Waals surface area (Å²) in [6.45, 7) is 3.99. The number of ether oxygens (including phenoxy) is 2. The van der Waals surface area contributed by atoms with Crippen LogP contribution in [0.15, 0.2) is 55.2 Å². The van der Waals surface area contributed by atoms with Crippen molar-refractivity contribution in [2.75, 3.05) is 37.5 Å². The molecule has 1 aliphatic rings. The minimum Gasteiger partial charge on any atom is -0.457 e. The molecular weight excluding hydrogens is 480 g/mol. The number of aromatic nitrogens is 6. The maximum absolute atomic E-state index is 6.16. The second-order valence-electron chi connectivity index (χ2n) is 9.30. The topological polar surface area (TPSA) is 103 Å². The van der Waals surface area contributed by atoms with Crippen LogP contribution in [0, 0.1) is 6.92 Å². The van der Waals surface area contributed by atoms with Gasteiger partial charge in [0.05, 0.1) is 23.6 Å². The molecule has 1 N–H and O–H groups in total. The molecule has 10 nitrogen and oxygen atoms in total. The number of methoxy groups -OCH3 is 1. The Morgan fingerprint density at radius 3 is 2.50 bits per heavy atom. The number of benzene rings is 2. The van der Waals surface area contributed by atoms with Gasteiger partial charge in [0.2, 0.25) is 5.95 Å². The Labute approximate surface area is 221 Å². The normalized spacial score (nSPS) is 13.3. The largest absolute Gasteiger partial charge is 0.457 e. The van der Waals surface area contributed by atoms with Crippen molar-refractivity contribution in [3.63, 3.8) is 0 Å². The lowest BCUT2D eigenvalue weighted by Crippen LogP contribution is -2.31. The highest BCUT2D eigenvalue weighted by Crippen LogP contribution is 2.31. The van der Waals surface area contributed by atoms with E-state index in [1.54, 1.807) is 26.7 Å². The number of piperidine rings is 1. The summed E-state index contributed by atoms with van der Waals surface area (Å²) in [5.41, 5.74) is 5.29. The van der Waals surface area contributed by atoms with Crippen LogP contribution in [0.5, 0.6) is 11.5 Å². The number of hydrogen-bond donors (Lipinski definition) is 1. The standard InChI is InChI=1S/C26H26N8O.C2H6O/c1-17-12-18(6-9-23(17)35-19-7-8-22-20(13-19)30-16-33(22)2)31-25-24-21(28-15-29-25)14-27-26(32-24)34-10-4-3-5-11-34;1-3-2/h6-9,12-16H,3-5,10-11H2,1-2H3,(H,28,29,31);1-2H3. The zero-order chi connectivity index (χ0) is 26.5. The Bertz CT molecular complexity index is 1550. The minimum atomic E-state index is 0.657. The summed E-state index contributed by atoms with van der Waals surface area (Å²) in [5.74, 6) is 2.93. The fraction of sp³-hybridized carbons (Fsp3) is 0.321. The number of imidazole rings is 1. The molecule has 0 bridgehead atoms. The Morgan fingerprint density at radius 1 is 0.895 bits per heavy atom. The SMILES string of the molecule is COC.Cc1cc(Nc2ncnc3cnc(N4CCCCC4)nc23)ccc1Oc1ccc2c(c1)ncn2C. The highest BCUT2D eigenvalue weighted by molar-refractivity contribution is 5.87. The molecule has 196 valence electrons. The highest BCUT2D eigenvalue weighted by atomic mass is 16.5. The van der Waals surface area contributed by atoms with Gasteiger partial charge in [0, 0.05) is 46.1 Å². The number of aryl methyl sites for hydroxylation is 2. The summed E-state index contributed by atoms with van der Waals surface area (Å²) in [7, 11) is 5.23. The zero-order valence-electron chi connectivity index (χ0n) is 22.2. The van der Waals surface area contributed by atoms with E-state index in [0.29, 0.717) is 16.9 Å². The average molecular weight is 513 g/mol. The summed E-state index contributed by atoms with van der Waals surface area (Å²) in [4.78, 5) is 24.8. The molecule has 1 fully saturated rings. The first-order chi connectivity index (χ1) is 18.6. The molecule has 4 heterocycles. The van der Waals surface area contributed by atoms with E-state index in [9.17, 15) is 0 Å². The van der Waals surface area contributed by atoms with Crippen LogP contribution in [0.3, 0.4) is 0 Å². The first-order valence-electron chi connectivity index (χ1n) is 12.6. The van der Waals surface area contributed by atoms with Crippen molar-refractivity contribution in [2.24, 2.45) is 7.05 Å².